The summed E-state index contributed by atoms with van der Waals surface area (Å²) in [5, 5.41) is 17.3. The third kappa shape index (κ3) is 3.70. The Labute approximate surface area is 222 Å². The summed E-state index contributed by atoms with van der Waals surface area (Å²) in [5.41, 5.74) is -0.621. The van der Waals surface area contributed by atoms with E-state index in [0.29, 0.717) is 47.2 Å². The molecule has 3 aromatic heterocycles. The van der Waals surface area contributed by atoms with Crippen LogP contribution in [0.3, 0.4) is 0 Å². The Balaban J connectivity index is 1.44. The molecule has 10 nitrogen and oxygen atoms in total. The summed E-state index contributed by atoms with van der Waals surface area (Å²) >= 11 is 0.625. The van der Waals surface area contributed by atoms with Gasteiger partial charge in [-0.2, -0.15) is 9.98 Å². The van der Waals surface area contributed by atoms with E-state index < -0.39 is 44.9 Å². The van der Waals surface area contributed by atoms with Gasteiger partial charge in [0.2, 0.25) is 15.2 Å². The van der Waals surface area contributed by atoms with Gasteiger partial charge in [0.05, 0.1) is 21.9 Å². The lowest BCUT2D eigenvalue weighted by Gasteiger charge is -2.32. The molecule has 16 heteroatoms. The summed E-state index contributed by atoms with van der Waals surface area (Å²) in [6.07, 6.45) is -0.803. The van der Waals surface area contributed by atoms with Crippen molar-refractivity contribution in [2.24, 2.45) is 5.92 Å². The van der Waals surface area contributed by atoms with Crippen LogP contribution in [0.1, 0.15) is 37.1 Å². The number of hydrogen-bond acceptors (Lipinski definition) is 9. The van der Waals surface area contributed by atoms with Gasteiger partial charge in [-0.1, -0.05) is 17.4 Å². The molecule has 2 bridgehead atoms. The van der Waals surface area contributed by atoms with Crippen molar-refractivity contribution < 1.29 is 26.0 Å². The fourth-order valence-corrected chi connectivity index (χ4v) is 7.73. The number of sulfonamides is 1. The van der Waals surface area contributed by atoms with Gasteiger partial charge in [0.25, 0.3) is 12.3 Å². The van der Waals surface area contributed by atoms with E-state index in [1.807, 2.05) is 11.0 Å². The summed E-state index contributed by atoms with van der Waals surface area (Å²) in [5.74, 6) is -3.16. The average Bonchev–Trinajstić information content (AvgIpc) is 3.26. The normalized spacial score (nSPS) is 23.2. The van der Waals surface area contributed by atoms with Crippen LogP contribution in [0.15, 0.2) is 29.4 Å². The zero-order valence-corrected chi connectivity index (χ0v) is 21.5. The molecule has 0 spiro atoms. The molecule has 2 aliphatic carbocycles. The maximum atomic E-state index is 14.3. The van der Waals surface area contributed by atoms with E-state index in [2.05, 4.69) is 24.9 Å². The van der Waals surface area contributed by atoms with Gasteiger partial charge in [-0.3, -0.25) is 4.57 Å². The van der Waals surface area contributed by atoms with Gasteiger partial charge >= 0.3 is 0 Å². The topological polar surface area (TPSA) is 130 Å². The lowest BCUT2D eigenvalue weighted by molar-refractivity contribution is -0.0410. The van der Waals surface area contributed by atoms with Crippen molar-refractivity contribution in [1.82, 2.24) is 29.5 Å². The first-order chi connectivity index (χ1) is 18.5. The Morgan fingerprint density at radius 1 is 1.21 bits per heavy atom. The summed E-state index contributed by atoms with van der Waals surface area (Å²) in [6, 6.07) is 5.81. The second kappa shape index (κ2) is 8.05. The zero-order valence-electron chi connectivity index (χ0n) is 19.9. The van der Waals surface area contributed by atoms with Crippen LogP contribution >= 0.6 is 11.3 Å². The first-order valence-corrected chi connectivity index (χ1v) is 14.3. The van der Waals surface area contributed by atoms with Gasteiger partial charge in [-0.15, -0.1) is 10.2 Å². The van der Waals surface area contributed by atoms with E-state index in [1.165, 1.54) is 23.0 Å². The van der Waals surface area contributed by atoms with E-state index in [-0.39, 0.29) is 34.2 Å². The predicted molar refractivity (Wildman–Crippen MR) is 131 cm³/mol. The third-order valence-corrected chi connectivity index (χ3v) is 10.2. The van der Waals surface area contributed by atoms with Crippen molar-refractivity contribution in [3.8, 4) is 11.2 Å². The fraction of sp³-hybridized carbons (Fsp3) is 0.435. The third-order valence-electron chi connectivity index (χ3n) is 7.70. The largest absolute Gasteiger partial charge is 0.352 e. The maximum Gasteiger partial charge on any atom is 0.291 e. The molecule has 3 aliphatic rings. The summed E-state index contributed by atoms with van der Waals surface area (Å²) in [4.78, 5) is 10.5. The highest BCUT2D eigenvalue weighted by Crippen LogP contribution is 2.51. The van der Waals surface area contributed by atoms with Gasteiger partial charge < -0.3 is 4.90 Å². The second-order valence-electron chi connectivity index (χ2n) is 10.1. The van der Waals surface area contributed by atoms with Crippen LogP contribution < -0.4 is 9.62 Å². The Kier molecular flexibility index (Phi) is 5.08. The number of nitrogens with zero attached hydrogens (tertiary/aromatic N) is 7. The molecule has 3 fully saturated rings. The first kappa shape index (κ1) is 24.6. The highest BCUT2D eigenvalue weighted by atomic mass is 32.2. The fourth-order valence-electron chi connectivity index (χ4n) is 5.62. The van der Waals surface area contributed by atoms with Gasteiger partial charge in [0.15, 0.2) is 10.7 Å². The van der Waals surface area contributed by atoms with Crippen molar-refractivity contribution in [1.29, 1.82) is 5.26 Å². The number of nitriles is 1. The van der Waals surface area contributed by atoms with E-state index in [9.17, 15) is 31.2 Å². The van der Waals surface area contributed by atoms with Crippen molar-refractivity contribution >= 4 is 49.1 Å². The SMILES string of the molecule is N#CC1(NS(=O)(=O)c2ccc3c4c(N5C[C@H]6C[C@@H]5CC6(F)F)ncnc4n(-c4nnc(C(F)F)s4)c3c2)CC1. The van der Waals surface area contributed by atoms with Gasteiger partial charge in [0.1, 0.15) is 17.7 Å². The lowest BCUT2D eigenvalue weighted by atomic mass is 10.0. The smallest absolute Gasteiger partial charge is 0.291 e. The van der Waals surface area contributed by atoms with Crippen LogP contribution in [0.2, 0.25) is 0 Å². The van der Waals surface area contributed by atoms with Crippen molar-refractivity contribution in [2.75, 3.05) is 11.4 Å². The zero-order chi connectivity index (χ0) is 27.3. The molecule has 1 aliphatic heterocycles. The molecule has 202 valence electrons. The first-order valence-electron chi connectivity index (χ1n) is 12.0. The highest BCUT2D eigenvalue weighted by Gasteiger charge is 2.56. The number of piperidine rings is 1. The molecule has 4 aromatic rings. The van der Waals surface area contributed by atoms with Crippen LogP contribution in [0.4, 0.5) is 23.4 Å². The number of aromatic nitrogens is 5. The summed E-state index contributed by atoms with van der Waals surface area (Å²) in [6.45, 7) is 0.0947. The summed E-state index contributed by atoms with van der Waals surface area (Å²) < 4.78 is 85.5. The van der Waals surface area contributed by atoms with E-state index in [1.54, 1.807) is 6.07 Å². The number of fused-ring (bicyclic) bond motifs is 5. The van der Waals surface area contributed by atoms with Crippen LogP contribution in [0.5, 0.6) is 0 Å². The molecule has 1 aromatic carbocycles. The van der Waals surface area contributed by atoms with Gasteiger partial charge in [0, 0.05) is 30.3 Å². The molecule has 39 heavy (non-hydrogen) atoms. The Morgan fingerprint density at radius 2 is 2.00 bits per heavy atom. The number of hydrogen-bond donors (Lipinski definition) is 1. The van der Waals surface area contributed by atoms with E-state index in [0.717, 1.165) is 0 Å². The molecule has 2 saturated carbocycles. The number of alkyl halides is 4. The van der Waals surface area contributed by atoms with Gasteiger partial charge in [-0.25, -0.2) is 35.9 Å². The van der Waals surface area contributed by atoms with Crippen molar-refractivity contribution in [2.45, 2.75) is 54.5 Å². The second-order valence-corrected chi connectivity index (χ2v) is 12.8. The lowest BCUT2D eigenvalue weighted by Crippen LogP contribution is -2.41. The van der Waals surface area contributed by atoms with Crippen molar-refractivity contribution in [3.05, 3.63) is 29.5 Å². The molecule has 4 heterocycles. The summed E-state index contributed by atoms with van der Waals surface area (Å²) in [7, 11) is -4.12. The van der Waals surface area contributed by atoms with E-state index in [4.69, 9.17) is 0 Å². The molecule has 2 atom stereocenters. The standard InChI is InChI=1S/C23H18F4N8O2S2/c24-17(25)20-31-32-21(38-20)35-15-6-13(39(36,37)33-22(9-28)3-4-22)1-2-14(15)16-18(29-10-30-19(16)35)34-8-11-5-12(34)7-23(11,26)27/h1-2,6,10-12,17,33H,3-5,7-8H2/t11-,12-/m1/s1. The molecule has 0 unspecified atom stereocenters. The minimum atomic E-state index is -4.12. The predicted octanol–water partition coefficient (Wildman–Crippen LogP) is 3.93. The molecular weight excluding hydrogens is 560 g/mol. The Morgan fingerprint density at radius 3 is 2.62 bits per heavy atom. The molecule has 0 radical (unpaired) electrons. The molecular formula is C23H18F4N8O2S2. The highest BCUT2D eigenvalue weighted by molar-refractivity contribution is 7.89. The maximum absolute atomic E-state index is 14.3. The number of benzene rings is 1. The van der Waals surface area contributed by atoms with E-state index >= 15 is 0 Å². The van der Waals surface area contributed by atoms with Crippen molar-refractivity contribution in [3.63, 3.8) is 0 Å². The van der Waals surface area contributed by atoms with Crippen LogP contribution in [0.25, 0.3) is 27.1 Å². The average molecular weight is 579 g/mol. The molecule has 7 rings (SSSR count). The quantitative estimate of drug-likeness (QED) is 0.341. The monoisotopic (exact) mass is 578 g/mol. The Bertz CT molecular complexity index is 1810. The van der Waals surface area contributed by atoms with Gasteiger partial charge in [-0.05, 0) is 31.4 Å². The van der Waals surface area contributed by atoms with Crippen LogP contribution in [-0.4, -0.2) is 57.2 Å². The van der Waals surface area contributed by atoms with Crippen LogP contribution in [0, 0.1) is 17.2 Å². The Hall–Kier alpha value is -3.42. The molecule has 0 amide bonds. The van der Waals surface area contributed by atoms with Crippen LogP contribution in [-0.2, 0) is 10.0 Å². The number of halogens is 4. The minimum absolute atomic E-state index is 0.0302. The minimum Gasteiger partial charge on any atom is -0.352 e. The molecule has 1 saturated heterocycles. The molecule has 1 N–H and O–H groups in total. The number of nitrogens with one attached hydrogen (secondary N) is 1. The number of rotatable bonds is 6. The number of anilines is 1.